The molecule has 4 heteroatoms. The van der Waals surface area contributed by atoms with Gasteiger partial charge >= 0.3 is 0 Å². The van der Waals surface area contributed by atoms with E-state index in [2.05, 4.69) is 25.3 Å². The van der Waals surface area contributed by atoms with Crippen LogP contribution >= 0.6 is 0 Å². The summed E-state index contributed by atoms with van der Waals surface area (Å²) in [6.45, 7) is 7.56. The number of rotatable bonds is 8. The second kappa shape index (κ2) is 12.1. The van der Waals surface area contributed by atoms with E-state index in [4.69, 9.17) is 4.74 Å². The molecule has 1 fully saturated rings. The van der Waals surface area contributed by atoms with Gasteiger partial charge in [-0.05, 0) is 103 Å². The molecule has 0 aliphatic heterocycles. The molecule has 39 heavy (non-hydrogen) atoms. The predicted octanol–water partition coefficient (Wildman–Crippen LogP) is 10.2. The Morgan fingerprint density at radius 1 is 0.744 bits per heavy atom. The van der Waals surface area contributed by atoms with Crippen LogP contribution in [0.5, 0.6) is 5.75 Å². The van der Waals surface area contributed by atoms with Crippen LogP contribution in [0.1, 0.15) is 50.5 Å². The van der Waals surface area contributed by atoms with Gasteiger partial charge in [-0.25, -0.2) is 8.78 Å². The lowest BCUT2D eigenvalue weighted by molar-refractivity contribution is 0.212. The Hall–Kier alpha value is -3.53. The van der Waals surface area contributed by atoms with Crippen LogP contribution in [0, 0.1) is 35.2 Å². The monoisotopic (exact) mass is 528 g/mol. The topological polar surface area (TPSA) is 9.23 Å². The summed E-state index contributed by atoms with van der Waals surface area (Å²) in [4.78, 5) is 0. The molecule has 1 unspecified atom stereocenters. The van der Waals surface area contributed by atoms with Crippen molar-refractivity contribution in [3.63, 3.8) is 0 Å². The minimum Gasteiger partial charge on any atom is -0.486 e. The quantitative estimate of drug-likeness (QED) is 0.264. The molecule has 0 saturated heterocycles. The molecule has 0 spiro atoms. The molecule has 2 aliphatic carbocycles. The van der Waals surface area contributed by atoms with E-state index in [9.17, 15) is 8.78 Å². The third-order valence-corrected chi connectivity index (χ3v) is 8.52. The Labute approximate surface area is 229 Å². The highest BCUT2D eigenvalue weighted by Gasteiger charge is 2.28. The van der Waals surface area contributed by atoms with Crippen LogP contribution in [-0.2, 0) is 0 Å². The molecule has 2 aliphatic rings. The van der Waals surface area contributed by atoms with Gasteiger partial charge in [0.25, 0.3) is 0 Å². The number of ether oxygens (including phenoxy) is 1. The smallest absolute Gasteiger partial charge is 0.201 e. The molecule has 3 aromatic carbocycles. The molecule has 1 nitrogen and oxygen atoms in total. The number of halogens is 3. The summed E-state index contributed by atoms with van der Waals surface area (Å²) in [7, 11) is 0. The summed E-state index contributed by atoms with van der Waals surface area (Å²) < 4.78 is 49.5. The zero-order valence-corrected chi connectivity index (χ0v) is 22.3. The largest absolute Gasteiger partial charge is 0.486 e. The van der Waals surface area contributed by atoms with Gasteiger partial charge in [0, 0.05) is 11.1 Å². The first-order valence-electron chi connectivity index (χ1n) is 13.9. The van der Waals surface area contributed by atoms with E-state index in [0.29, 0.717) is 23.0 Å². The van der Waals surface area contributed by atoms with Crippen molar-refractivity contribution in [2.24, 2.45) is 17.8 Å². The molecule has 0 N–H and O–H groups in total. The molecular weight excluding hydrogens is 493 g/mol. The Bertz CT molecular complexity index is 1360. The summed E-state index contributed by atoms with van der Waals surface area (Å²) in [6, 6.07) is 15.3. The first kappa shape index (κ1) is 27.1. The standard InChI is InChI=1S/C35H35F3O/c1-3-21-39-33-20-19-31(34(37)35(33)38)28-15-11-26(12-16-28)29-17-18-30(32(36)22-29)27-13-9-25(10-14-27)24-7-5-23(4-2)6-8-24/h3-4,11-13,15-20,22-25H,1-2,5-10,14,21H2. The lowest BCUT2D eigenvalue weighted by Gasteiger charge is -2.34. The summed E-state index contributed by atoms with van der Waals surface area (Å²) in [5.41, 5.74) is 4.01. The van der Waals surface area contributed by atoms with Gasteiger partial charge in [-0.15, -0.1) is 6.58 Å². The van der Waals surface area contributed by atoms with Crippen LogP contribution in [0.3, 0.4) is 0 Å². The lowest BCUT2D eigenvalue weighted by atomic mass is 9.71. The fourth-order valence-corrected chi connectivity index (χ4v) is 6.19. The number of allylic oxidation sites excluding steroid dienone is 3. The minimum atomic E-state index is -1.03. The van der Waals surface area contributed by atoms with E-state index >= 15 is 4.39 Å². The second-order valence-electron chi connectivity index (χ2n) is 10.8. The predicted molar refractivity (Wildman–Crippen MR) is 154 cm³/mol. The van der Waals surface area contributed by atoms with E-state index < -0.39 is 11.6 Å². The van der Waals surface area contributed by atoms with Crippen molar-refractivity contribution in [3.8, 4) is 28.0 Å². The van der Waals surface area contributed by atoms with Crippen molar-refractivity contribution < 1.29 is 17.9 Å². The van der Waals surface area contributed by atoms with Gasteiger partial charge in [0.1, 0.15) is 12.4 Å². The molecule has 3 aromatic rings. The zero-order chi connectivity index (χ0) is 27.4. The van der Waals surface area contributed by atoms with E-state index in [-0.39, 0.29) is 23.7 Å². The number of hydrogen-bond donors (Lipinski definition) is 0. The molecule has 202 valence electrons. The third-order valence-electron chi connectivity index (χ3n) is 8.52. The number of benzene rings is 3. The van der Waals surface area contributed by atoms with Crippen LogP contribution in [0.25, 0.3) is 27.8 Å². The molecule has 1 atom stereocenters. The van der Waals surface area contributed by atoms with E-state index in [1.807, 2.05) is 12.1 Å². The second-order valence-corrected chi connectivity index (χ2v) is 10.8. The van der Waals surface area contributed by atoms with E-state index in [1.54, 1.807) is 30.3 Å². The summed E-state index contributed by atoms with van der Waals surface area (Å²) in [6.07, 6.45) is 14.0. The summed E-state index contributed by atoms with van der Waals surface area (Å²) in [5.74, 6) is -0.208. The average molecular weight is 529 g/mol. The van der Waals surface area contributed by atoms with Crippen LogP contribution < -0.4 is 4.74 Å². The van der Waals surface area contributed by atoms with Crippen LogP contribution in [0.2, 0.25) is 0 Å². The van der Waals surface area contributed by atoms with Gasteiger partial charge in [0.05, 0.1) is 0 Å². The van der Waals surface area contributed by atoms with Gasteiger partial charge in [0.2, 0.25) is 5.82 Å². The Kier molecular flexibility index (Phi) is 8.40. The van der Waals surface area contributed by atoms with Crippen LogP contribution in [-0.4, -0.2) is 6.61 Å². The fourth-order valence-electron chi connectivity index (χ4n) is 6.19. The molecule has 1 saturated carbocycles. The van der Waals surface area contributed by atoms with Crippen LogP contribution in [0.15, 0.2) is 86.0 Å². The molecule has 0 radical (unpaired) electrons. The van der Waals surface area contributed by atoms with Gasteiger partial charge < -0.3 is 4.74 Å². The fraction of sp³-hybridized carbons (Fsp3) is 0.314. The van der Waals surface area contributed by atoms with Crippen molar-refractivity contribution in [2.75, 3.05) is 6.61 Å². The van der Waals surface area contributed by atoms with Gasteiger partial charge in [0.15, 0.2) is 11.6 Å². The SMILES string of the molecule is C=CCOc1ccc(-c2ccc(-c3ccc(C4=CCC(C5CCC(C=C)CC5)CC4)c(F)c3)cc2)c(F)c1F. The van der Waals surface area contributed by atoms with E-state index in [1.165, 1.54) is 43.9 Å². The Morgan fingerprint density at radius 3 is 2.08 bits per heavy atom. The van der Waals surface area contributed by atoms with Gasteiger partial charge in [-0.3, -0.25) is 0 Å². The molecule has 0 amide bonds. The number of hydrogen-bond acceptors (Lipinski definition) is 1. The highest BCUT2D eigenvalue weighted by atomic mass is 19.2. The van der Waals surface area contributed by atoms with Crippen molar-refractivity contribution in [1.82, 2.24) is 0 Å². The van der Waals surface area contributed by atoms with Gasteiger partial charge in [-0.2, -0.15) is 4.39 Å². The highest BCUT2D eigenvalue weighted by molar-refractivity contribution is 5.74. The normalized spacial score (nSPS) is 21.2. The summed E-state index contributed by atoms with van der Waals surface area (Å²) in [5, 5.41) is 0. The molecule has 0 bridgehead atoms. The summed E-state index contributed by atoms with van der Waals surface area (Å²) >= 11 is 0. The zero-order valence-electron chi connectivity index (χ0n) is 22.3. The Balaban J connectivity index is 1.27. The Morgan fingerprint density at radius 2 is 1.44 bits per heavy atom. The maximum atomic E-state index is 15.3. The average Bonchev–Trinajstić information content (AvgIpc) is 2.98. The minimum absolute atomic E-state index is 0.0921. The van der Waals surface area contributed by atoms with Gasteiger partial charge in [-0.1, -0.05) is 61.2 Å². The highest BCUT2D eigenvalue weighted by Crippen LogP contribution is 2.42. The first-order valence-corrected chi connectivity index (χ1v) is 13.9. The van der Waals surface area contributed by atoms with Crippen molar-refractivity contribution in [1.29, 1.82) is 0 Å². The maximum Gasteiger partial charge on any atom is 0.201 e. The first-order chi connectivity index (χ1) is 19.0. The maximum absolute atomic E-state index is 15.3. The van der Waals surface area contributed by atoms with Crippen molar-refractivity contribution in [3.05, 3.63) is 109 Å². The molecular formula is C35H35F3O. The van der Waals surface area contributed by atoms with Crippen LogP contribution in [0.4, 0.5) is 13.2 Å². The third kappa shape index (κ3) is 5.90. The molecule has 0 heterocycles. The molecule has 0 aromatic heterocycles. The van der Waals surface area contributed by atoms with E-state index in [0.717, 1.165) is 41.9 Å². The van der Waals surface area contributed by atoms with Crippen molar-refractivity contribution in [2.45, 2.75) is 44.9 Å². The van der Waals surface area contributed by atoms with Crippen molar-refractivity contribution >= 4 is 5.57 Å². The molecule has 5 rings (SSSR count). The lowest BCUT2D eigenvalue weighted by Crippen LogP contribution is -2.22.